The lowest BCUT2D eigenvalue weighted by Gasteiger charge is -2.29. The van der Waals surface area contributed by atoms with Crippen molar-refractivity contribution in [1.82, 2.24) is 5.32 Å². The van der Waals surface area contributed by atoms with Crippen LogP contribution in [0.3, 0.4) is 0 Å². The molecule has 17 heavy (non-hydrogen) atoms. The van der Waals surface area contributed by atoms with Gasteiger partial charge in [0, 0.05) is 23.0 Å². The lowest BCUT2D eigenvalue weighted by Crippen LogP contribution is -2.47. The van der Waals surface area contributed by atoms with Crippen LogP contribution in [0.1, 0.15) is 26.3 Å². The van der Waals surface area contributed by atoms with Crippen molar-refractivity contribution < 1.29 is 9.52 Å². The fourth-order valence-electron chi connectivity index (χ4n) is 1.64. The van der Waals surface area contributed by atoms with Gasteiger partial charge < -0.3 is 14.8 Å². The minimum absolute atomic E-state index is 0.307. The number of para-hydroxylation sites is 1. The molecule has 0 aliphatic carbocycles. The Morgan fingerprint density at radius 1 is 1.35 bits per heavy atom. The van der Waals surface area contributed by atoms with Crippen molar-refractivity contribution in [3.8, 4) is 0 Å². The number of benzene rings is 1. The van der Waals surface area contributed by atoms with Gasteiger partial charge in [-0.15, -0.1) is 0 Å². The number of fused-ring (bicyclic) bond motifs is 1. The van der Waals surface area contributed by atoms with Crippen molar-refractivity contribution >= 4 is 11.0 Å². The van der Waals surface area contributed by atoms with Crippen molar-refractivity contribution in [3.05, 3.63) is 36.1 Å². The zero-order valence-corrected chi connectivity index (χ0v) is 10.5. The van der Waals surface area contributed by atoms with E-state index in [4.69, 9.17) is 4.42 Å². The Morgan fingerprint density at radius 3 is 2.76 bits per heavy atom. The molecule has 2 N–H and O–H groups in total. The van der Waals surface area contributed by atoms with Crippen molar-refractivity contribution in [2.75, 3.05) is 0 Å². The van der Waals surface area contributed by atoms with Crippen LogP contribution in [0.15, 0.2) is 34.9 Å². The Morgan fingerprint density at radius 2 is 2.06 bits per heavy atom. The largest absolute Gasteiger partial charge is 0.464 e. The summed E-state index contributed by atoms with van der Waals surface area (Å²) in [7, 11) is 0. The fraction of sp³-hybridized carbons (Fsp3) is 0.429. The zero-order chi connectivity index (χ0) is 12.5. The van der Waals surface area contributed by atoms with E-state index in [1.807, 2.05) is 38.1 Å². The molecule has 2 aromatic rings. The third-order valence-electron chi connectivity index (χ3n) is 3.34. The molecule has 1 unspecified atom stereocenters. The molecule has 0 saturated carbocycles. The number of hydrogen-bond donors (Lipinski definition) is 2. The number of nitrogens with one attached hydrogen (secondary N) is 1. The van der Waals surface area contributed by atoms with Crippen LogP contribution in [-0.2, 0) is 6.54 Å². The van der Waals surface area contributed by atoms with Crippen LogP contribution in [0.5, 0.6) is 0 Å². The highest BCUT2D eigenvalue weighted by atomic mass is 16.3. The highest BCUT2D eigenvalue weighted by Gasteiger charge is 2.23. The van der Waals surface area contributed by atoms with Gasteiger partial charge in [0.1, 0.15) is 5.58 Å². The molecule has 92 valence electrons. The molecule has 3 heteroatoms. The molecule has 0 saturated heterocycles. The SMILES string of the molecule is CC(O)C(C)(C)NCc1coc2ccccc12. The molecule has 1 atom stereocenters. The third-order valence-corrected chi connectivity index (χ3v) is 3.34. The van der Waals surface area contributed by atoms with Gasteiger partial charge in [0.25, 0.3) is 0 Å². The van der Waals surface area contributed by atoms with Gasteiger partial charge in [-0.2, -0.15) is 0 Å². The van der Waals surface area contributed by atoms with Crippen molar-refractivity contribution in [2.45, 2.75) is 39.0 Å². The van der Waals surface area contributed by atoms with Gasteiger partial charge >= 0.3 is 0 Å². The highest BCUT2D eigenvalue weighted by Crippen LogP contribution is 2.21. The predicted octanol–water partition coefficient (Wildman–Crippen LogP) is 2.68. The monoisotopic (exact) mass is 233 g/mol. The van der Waals surface area contributed by atoms with Crippen LogP contribution in [0, 0.1) is 0 Å². The highest BCUT2D eigenvalue weighted by molar-refractivity contribution is 5.80. The maximum absolute atomic E-state index is 9.64. The van der Waals surface area contributed by atoms with Gasteiger partial charge in [0.15, 0.2) is 0 Å². The Labute approximate surface area is 101 Å². The maximum Gasteiger partial charge on any atom is 0.134 e. The van der Waals surface area contributed by atoms with Crippen molar-refractivity contribution in [1.29, 1.82) is 0 Å². The van der Waals surface area contributed by atoms with Gasteiger partial charge in [0.05, 0.1) is 12.4 Å². The molecule has 0 spiro atoms. The average molecular weight is 233 g/mol. The summed E-state index contributed by atoms with van der Waals surface area (Å²) in [6.07, 6.45) is 1.37. The van der Waals surface area contributed by atoms with Crippen molar-refractivity contribution in [2.24, 2.45) is 0 Å². The molecule has 0 amide bonds. The Balaban J connectivity index is 2.14. The second kappa shape index (κ2) is 4.51. The van der Waals surface area contributed by atoms with Gasteiger partial charge in [-0.1, -0.05) is 18.2 Å². The smallest absolute Gasteiger partial charge is 0.134 e. The van der Waals surface area contributed by atoms with Crippen LogP contribution in [0.4, 0.5) is 0 Å². The quantitative estimate of drug-likeness (QED) is 0.853. The van der Waals surface area contributed by atoms with E-state index in [0.29, 0.717) is 6.54 Å². The molecule has 2 rings (SSSR count). The first kappa shape index (κ1) is 12.1. The van der Waals surface area contributed by atoms with Crippen molar-refractivity contribution in [3.63, 3.8) is 0 Å². The molecule has 0 bridgehead atoms. The standard InChI is InChI=1S/C14H19NO2/c1-10(16)14(2,3)15-8-11-9-17-13-7-5-4-6-12(11)13/h4-7,9-10,15-16H,8H2,1-3H3. The number of hydrogen-bond acceptors (Lipinski definition) is 3. The van der Waals surface area contributed by atoms with E-state index in [-0.39, 0.29) is 5.54 Å². The molecule has 1 heterocycles. The first-order chi connectivity index (χ1) is 8.00. The van der Waals surface area contributed by atoms with Gasteiger partial charge in [0.2, 0.25) is 0 Å². The van der Waals surface area contributed by atoms with Gasteiger partial charge in [-0.25, -0.2) is 0 Å². The van der Waals surface area contributed by atoms with Crippen LogP contribution >= 0.6 is 0 Å². The van der Waals surface area contributed by atoms with E-state index in [0.717, 1.165) is 16.5 Å². The van der Waals surface area contributed by atoms with Crippen LogP contribution in [0.25, 0.3) is 11.0 Å². The van der Waals surface area contributed by atoms with Crippen LogP contribution in [0.2, 0.25) is 0 Å². The van der Waals surface area contributed by atoms with E-state index >= 15 is 0 Å². The summed E-state index contributed by atoms with van der Waals surface area (Å²) in [5, 5.41) is 14.1. The molecule has 1 aromatic heterocycles. The summed E-state index contributed by atoms with van der Waals surface area (Å²) in [6.45, 7) is 6.45. The lowest BCUT2D eigenvalue weighted by atomic mass is 9.98. The minimum atomic E-state index is -0.402. The predicted molar refractivity (Wildman–Crippen MR) is 68.8 cm³/mol. The van der Waals surface area contributed by atoms with E-state index in [9.17, 15) is 5.11 Å². The minimum Gasteiger partial charge on any atom is -0.464 e. The Kier molecular flexibility index (Phi) is 3.22. The van der Waals surface area contributed by atoms with Gasteiger partial charge in [-0.05, 0) is 26.8 Å². The molecule has 3 nitrogen and oxygen atoms in total. The number of aliphatic hydroxyl groups excluding tert-OH is 1. The van der Waals surface area contributed by atoms with Gasteiger partial charge in [-0.3, -0.25) is 0 Å². The van der Waals surface area contributed by atoms with E-state index in [1.54, 1.807) is 13.2 Å². The topological polar surface area (TPSA) is 45.4 Å². The lowest BCUT2D eigenvalue weighted by molar-refractivity contribution is 0.0957. The van der Waals surface area contributed by atoms with Crippen LogP contribution in [-0.4, -0.2) is 16.7 Å². The second-order valence-corrected chi connectivity index (χ2v) is 5.01. The molecular formula is C14H19NO2. The maximum atomic E-state index is 9.64. The second-order valence-electron chi connectivity index (χ2n) is 5.01. The van der Waals surface area contributed by atoms with Crippen LogP contribution < -0.4 is 5.32 Å². The average Bonchev–Trinajstić information content (AvgIpc) is 2.69. The molecule has 1 aromatic carbocycles. The number of aliphatic hydroxyl groups is 1. The Hall–Kier alpha value is -1.32. The fourth-order valence-corrected chi connectivity index (χ4v) is 1.64. The summed E-state index contributed by atoms with van der Waals surface area (Å²) < 4.78 is 5.47. The zero-order valence-electron chi connectivity index (χ0n) is 10.5. The first-order valence-corrected chi connectivity index (χ1v) is 5.89. The molecule has 0 aliphatic heterocycles. The summed E-state index contributed by atoms with van der Waals surface area (Å²) in [5.74, 6) is 0. The van der Waals surface area contributed by atoms with E-state index in [1.165, 1.54) is 0 Å². The summed E-state index contributed by atoms with van der Waals surface area (Å²) in [4.78, 5) is 0. The number of furan rings is 1. The number of rotatable bonds is 4. The van der Waals surface area contributed by atoms with E-state index < -0.39 is 6.10 Å². The van der Waals surface area contributed by atoms with E-state index in [2.05, 4.69) is 5.32 Å². The molecule has 0 fully saturated rings. The third kappa shape index (κ3) is 2.51. The normalized spacial score (nSPS) is 14.1. The first-order valence-electron chi connectivity index (χ1n) is 5.89. The summed E-state index contributed by atoms with van der Waals surface area (Å²) in [6, 6.07) is 7.97. The molecule has 0 aliphatic rings. The Bertz CT molecular complexity index is 500. The molecule has 0 radical (unpaired) electrons. The molecular weight excluding hydrogens is 214 g/mol. The summed E-state index contributed by atoms with van der Waals surface area (Å²) >= 11 is 0. The summed E-state index contributed by atoms with van der Waals surface area (Å²) in [5.41, 5.74) is 1.71.